The minimum absolute atomic E-state index is 0.209. The van der Waals surface area contributed by atoms with Gasteiger partial charge in [0.1, 0.15) is 0 Å². The summed E-state index contributed by atoms with van der Waals surface area (Å²) in [5, 5.41) is 8.95. The van der Waals surface area contributed by atoms with E-state index in [0.717, 1.165) is 18.6 Å². The van der Waals surface area contributed by atoms with E-state index in [-0.39, 0.29) is 6.61 Å². The number of hydrogen-bond donors (Lipinski definition) is 1. The summed E-state index contributed by atoms with van der Waals surface area (Å²) in [6, 6.07) is 0. The van der Waals surface area contributed by atoms with Crippen LogP contribution < -0.4 is 0 Å². The second kappa shape index (κ2) is 3.19. The molecule has 1 saturated heterocycles. The summed E-state index contributed by atoms with van der Waals surface area (Å²) in [5.41, 5.74) is 1.16. The second-order valence-electron chi connectivity index (χ2n) is 3.96. The summed E-state index contributed by atoms with van der Waals surface area (Å²) in [4.78, 5) is 0. The van der Waals surface area contributed by atoms with Crippen LogP contribution in [-0.2, 0) is 4.74 Å². The highest BCUT2D eigenvalue weighted by molar-refractivity contribution is 5.13. The number of aliphatic hydroxyl groups is 1. The molecule has 1 aliphatic heterocycles. The molecule has 3 atom stereocenters. The van der Waals surface area contributed by atoms with E-state index >= 15 is 0 Å². The van der Waals surface area contributed by atoms with E-state index in [2.05, 4.69) is 13.0 Å². The van der Waals surface area contributed by atoms with Gasteiger partial charge in [-0.1, -0.05) is 13.0 Å². The van der Waals surface area contributed by atoms with E-state index in [0.29, 0.717) is 17.9 Å². The van der Waals surface area contributed by atoms with Gasteiger partial charge in [-0.2, -0.15) is 0 Å². The zero-order valence-corrected chi connectivity index (χ0v) is 7.49. The predicted molar refractivity (Wildman–Crippen MR) is 46.8 cm³/mol. The topological polar surface area (TPSA) is 29.5 Å². The molecule has 0 amide bonds. The fourth-order valence-corrected chi connectivity index (χ4v) is 2.25. The first-order valence-electron chi connectivity index (χ1n) is 4.73. The molecule has 0 radical (unpaired) electrons. The Morgan fingerprint density at radius 1 is 1.67 bits per heavy atom. The lowest BCUT2D eigenvalue weighted by molar-refractivity contribution is 0.119. The monoisotopic (exact) mass is 168 g/mol. The van der Waals surface area contributed by atoms with Gasteiger partial charge in [0.15, 0.2) is 0 Å². The maximum Gasteiger partial charge on any atom is 0.0791 e. The summed E-state index contributed by atoms with van der Waals surface area (Å²) >= 11 is 0. The molecule has 2 aliphatic rings. The molecule has 1 N–H and O–H groups in total. The quantitative estimate of drug-likeness (QED) is 0.599. The van der Waals surface area contributed by atoms with Gasteiger partial charge in [-0.3, -0.25) is 0 Å². The summed E-state index contributed by atoms with van der Waals surface area (Å²) in [6.07, 6.45) is 4.68. The number of fused-ring (bicyclic) bond motifs is 1. The van der Waals surface area contributed by atoms with Crippen molar-refractivity contribution >= 4 is 0 Å². The second-order valence-corrected chi connectivity index (χ2v) is 3.96. The van der Waals surface area contributed by atoms with Crippen molar-refractivity contribution in [2.24, 2.45) is 11.8 Å². The summed E-state index contributed by atoms with van der Waals surface area (Å²) < 4.78 is 5.61. The van der Waals surface area contributed by atoms with Gasteiger partial charge in [0, 0.05) is 0 Å². The van der Waals surface area contributed by atoms with Crippen LogP contribution >= 0.6 is 0 Å². The van der Waals surface area contributed by atoms with Crippen molar-refractivity contribution < 1.29 is 9.84 Å². The van der Waals surface area contributed by atoms with Gasteiger partial charge < -0.3 is 9.84 Å². The number of rotatable bonds is 1. The minimum Gasteiger partial charge on any atom is -0.392 e. The third-order valence-electron chi connectivity index (χ3n) is 3.11. The standard InChI is InChI=1S/C10H16O2/c1-7-6-12-10-4-8(5-11)2-3-9(7)10/h4,7,9-11H,2-3,5-6H2,1H3. The van der Waals surface area contributed by atoms with Crippen molar-refractivity contribution in [3.8, 4) is 0 Å². The lowest BCUT2D eigenvalue weighted by Crippen LogP contribution is -2.22. The van der Waals surface area contributed by atoms with Crippen LogP contribution in [0.4, 0.5) is 0 Å². The van der Waals surface area contributed by atoms with Crippen LogP contribution in [0.25, 0.3) is 0 Å². The van der Waals surface area contributed by atoms with Gasteiger partial charge in [-0.25, -0.2) is 0 Å². The summed E-state index contributed by atoms with van der Waals surface area (Å²) in [6.45, 7) is 3.36. The normalized spacial score (nSPS) is 40.8. The van der Waals surface area contributed by atoms with Crippen LogP contribution in [0.2, 0.25) is 0 Å². The largest absolute Gasteiger partial charge is 0.392 e. The molecule has 68 valence electrons. The van der Waals surface area contributed by atoms with Gasteiger partial charge >= 0.3 is 0 Å². The Bertz CT molecular complexity index is 198. The van der Waals surface area contributed by atoms with Crippen molar-refractivity contribution in [3.05, 3.63) is 11.6 Å². The Balaban J connectivity index is 2.10. The molecule has 1 fully saturated rings. The van der Waals surface area contributed by atoms with Crippen LogP contribution in [0.3, 0.4) is 0 Å². The predicted octanol–water partition coefficient (Wildman–Crippen LogP) is 1.35. The molecule has 0 aromatic heterocycles. The molecule has 1 heterocycles. The molecular formula is C10H16O2. The Kier molecular flexibility index (Phi) is 2.20. The third kappa shape index (κ3) is 1.29. The Hall–Kier alpha value is -0.340. The fraction of sp³-hybridized carbons (Fsp3) is 0.800. The number of hydrogen-bond acceptors (Lipinski definition) is 2. The first-order chi connectivity index (χ1) is 5.81. The Labute approximate surface area is 73.2 Å². The van der Waals surface area contributed by atoms with Crippen LogP contribution in [0.1, 0.15) is 19.8 Å². The number of ether oxygens (including phenoxy) is 1. The average Bonchev–Trinajstić information content (AvgIpc) is 2.47. The average molecular weight is 168 g/mol. The molecule has 3 unspecified atom stereocenters. The zero-order chi connectivity index (χ0) is 8.55. The smallest absolute Gasteiger partial charge is 0.0791 e. The van der Waals surface area contributed by atoms with Gasteiger partial charge in [0.25, 0.3) is 0 Å². The molecule has 2 heteroatoms. The maximum absolute atomic E-state index is 8.95. The van der Waals surface area contributed by atoms with Crippen LogP contribution in [0.5, 0.6) is 0 Å². The van der Waals surface area contributed by atoms with Gasteiger partial charge in [-0.15, -0.1) is 0 Å². The highest BCUT2D eigenvalue weighted by Gasteiger charge is 2.35. The van der Waals surface area contributed by atoms with Crippen molar-refractivity contribution in [1.29, 1.82) is 0 Å². The molecule has 1 aliphatic carbocycles. The SMILES string of the molecule is CC1COC2C=C(CO)CCC12. The first kappa shape index (κ1) is 8.27. The van der Waals surface area contributed by atoms with Crippen LogP contribution in [0, 0.1) is 11.8 Å². The highest BCUT2D eigenvalue weighted by atomic mass is 16.5. The van der Waals surface area contributed by atoms with Crippen molar-refractivity contribution in [2.75, 3.05) is 13.2 Å². The highest BCUT2D eigenvalue weighted by Crippen LogP contribution is 2.36. The van der Waals surface area contributed by atoms with Crippen LogP contribution in [0.15, 0.2) is 11.6 Å². The van der Waals surface area contributed by atoms with Gasteiger partial charge in [0.2, 0.25) is 0 Å². The fourth-order valence-electron chi connectivity index (χ4n) is 2.25. The van der Waals surface area contributed by atoms with E-state index < -0.39 is 0 Å². The van der Waals surface area contributed by atoms with Crippen molar-refractivity contribution in [1.82, 2.24) is 0 Å². The van der Waals surface area contributed by atoms with Gasteiger partial charge in [-0.05, 0) is 30.3 Å². The van der Waals surface area contributed by atoms with E-state index in [1.54, 1.807) is 0 Å². The lowest BCUT2D eigenvalue weighted by atomic mass is 9.82. The summed E-state index contributed by atoms with van der Waals surface area (Å²) in [7, 11) is 0. The molecule has 0 saturated carbocycles. The van der Waals surface area contributed by atoms with E-state index in [1.807, 2.05) is 0 Å². The van der Waals surface area contributed by atoms with E-state index in [4.69, 9.17) is 9.84 Å². The molecule has 0 aromatic rings. The van der Waals surface area contributed by atoms with Crippen molar-refractivity contribution in [2.45, 2.75) is 25.9 Å². The van der Waals surface area contributed by atoms with E-state index in [9.17, 15) is 0 Å². The minimum atomic E-state index is 0.209. The summed E-state index contributed by atoms with van der Waals surface area (Å²) in [5.74, 6) is 1.41. The molecule has 2 nitrogen and oxygen atoms in total. The Morgan fingerprint density at radius 2 is 2.50 bits per heavy atom. The third-order valence-corrected chi connectivity index (χ3v) is 3.11. The van der Waals surface area contributed by atoms with Crippen molar-refractivity contribution in [3.63, 3.8) is 0 Å². The molecule has 12 heavy (non-hydrogen) atoms. The number of aliphatic hydroxyl groups excluding tert-OH is 1. The Morgan fingerprint density at radius 3 is 3.25 bits per heavy atom. The zero-order valence-electron chi connectivity index (χ0n) is 7.49. The van der Waals surface area contributed by atoms with E-state index in [1.165, 1.54) is 6.42 Å². The molecule has 0 bridgehead atoms. The molecule has 0 aromatic carbocycles. The van der Waals surface area contributed by atoms with Gasteiger partial charge in [0.05, 0.1) is 19.3 Å². The van der Waals surface area contributed by atoms with Crippen LogP contribution in [-0.4, -0.2) is 24.4 Å². The molecule has 2 rings (SSSR count). The first-order valence-corrected chi connectivity index (χ1v) is 4.73. The molecular weight excluding hydrogens is 152 g/mol. The lowest BCUT2D eigenvalue weighted by Gasteiger charge is -2.24. The molecule has 0 spiro atoms. The maximum atomic E-state index is 8.95.